The average Bonchev–Trinajstić information content (AvgIpc) is 2.79. The van der Waals surface area contributed by atoms with E-state index in [2.05, 4.69) is 0 Å². The monoisotopic (exact) mass is 345 g/mol. The fraction of sp³-hybridized carbons (Fsp3) is 0.111. The highest BCUT2D eigenvalue weighted by Gasteiger charge is 2.45. The van der Waals surface area contributed by atoms with Gasteiger partial charge < -0.3 is 10.0 Å². The molecule has 3 rings (SSSR count). The van der Waals surface area contributed by atoms with E-state index in [9.17, 15) is 19.1 Å². The van der Waals surface area contributed by atoms with Crippen molar-refractivity contribution in [3.8, 4) is 0 Å². The number of Topliss-reactive ketones (excluding diaryl/α,β-unsaturated/α-hetero) is 1. The summed E-state index contributed by atoms with van der Waals surface area (Å²) in [5.74, 6) is -2.56. The SMILES string of the molecule is CN1C(=O)C(=O)/C(=C(\O)c2ccc(Cl)cc2)C1c1ccccc1F. The van der Waals surface area contributed by atoms with Crippen LogP contribution in [-0.2, 0) is 9.59 Å². The smallest absolute Gasteiger partial charge is 0.295 e. The third kappa shape index (κ3) is 2.57. The summed E-state index contributed by atoms with van der Waals surface area (Å²) < 4.78 is 14.2. The van der Waals surface area contributed by atoms with E-state index >= 15 is 0 Å². The van der Waals surface area contributed by atoms with Crippen LogP contribution in [-0.4, -0.2) is 28.7 Å². The Morgan fingerprint density at radius 1 is 1.12 bits per heavy atom. The van der Waals surface area contributed by atoms with Gasteiger partial charge >= 0.3 is 0 Å². The molecule has 0 radical (unpaired) electrons. The molecule has 1 saturated heterocycles. The van der Waals surface area contributed by atoms with Crippen LogP contribution < -0.4 is 0 Å². The van der Waals surface area contributed by atoms with Crippen LogP contribution in [0.3, 0.4) is 0 Å². The van der Waals surface area contributed by atoms with Crippen LogP contribution >= 0.6 is 11.6 Å². The van der Waals surface area contributed by atoms with E-state index in [1.165, 1.54) is 37.4 Å². The Labute approximate surface area is 142 Å². The molecule has 2 aromatic rings. The molecule has 1 aliphatic rings. The standard InChI is InChI=1S/C18H13ClFNO3/c1-21-15(12-4-2-3-5-13(12)20)14(17(23)18(21)24)16(22)10-6-8-11(19)9-7-10/h2-9,15,22H,1H3/b16-14-. The Bertz CT molecular complexity index is 861. The zero-order valence-corrected chi connectivity index (χ0v) is 13.4. The van der Waals surface area contributed by atoms with Crippen molar-refractivity contribution in [2.45, 2.75) is 6.04 Å². The quantitative estimate of drug-likeness (QED) is 0.514. The van der Waals surface area contributed by atoms with Crippen molar-refractivity contribution in [3.63, 3.8) is 0 Å². The minimum atomic E-state index is -0.984. The number of aliphatic hydroxyl groups is 1. The molecule has 2 aromatic carbocycles. The molecule has 1 aliphatic heterocycles. The summed E-state index contributed by atoms with van der Waals surface area (Å²) in [6.45, 7) is 0. The van der Waals surface area contributed by atoms with Crippen LogP contribution in [0.1, 0.15) is 17.2 Å². The molecular formula is C18H13ClFNO3. The number of hydrogen-bond acceptors (Lipinski definition) is 3. The van der Waals surface area contributed by atoms with Gasteiger partial charge in [-0.15, -0.1) is 0 Å². The van der Waals surface area contributed by atoms with E-state index < -0.39 is 23.5 Å². The number of likely N-dealkylation sites (tertiary alicyclic amines) is 1. The summed E-state index contributed by atoms with van der Waals surface area (Å²) in [6.07, 6.45) is 0. The molecule has 1 heterocycles. The lowest BCUT2D eigenvalue weighted by Gasteiger charge is -2.21. The number of amides is 1. The van der Waals surface area contributed by atoms with Crippen molar-refractivity contribution in [1.82, 2.24) is 4.90 Å². The second-order valence-corrected chi connectivity index (χ2v) is 5.87. The van der Waals surface area contributed by atoms with Crippen LogP contribution in [0, 0.1) is 5.82 Å². The van der Waals surface area contributed by atoms with Crippen molar-refractivity contribution in [2.75, 3.05) is 7.05 Å². The summed E-state index contributed by atoms with van der Waals surface area (Å²) in [7, 11) is 1.40. The summed E-state index contributed by atoms with van der Waals surface area (Å²) in [6, 6.07) is 11.0. The maximum Gasteiger partial charge on any atom is 0.295 e. The van der Waals surface area contributed by atoms with Crippen molar-refractivity contribution in [3.05, 3.63) is 76.1 Å². The third-order valence-corrected chi connectivity index (χ3v) is 4.24. The van der Waals surface area contributed by atoms with E-state index in [1.54, 1.807) is 18.2 Å². The molecule has 0 aromatic heterocycles. The summed E-state index contributed by atoms with van der Waals surface area (Å²) >= 11 is 5.82. The van der Waals surface area contributed by atoms with Crippen LogP contribution in [0.2, 0.25) is 5.02 Å². The number of rotatable bonds is 2. The Kier molecular flexibility index (Phi) is 4.11. The molecule has 4 nitrogen and oxygen atoms in total. The highest BCUT2D eigenvalue weighted by Crippen LogP contribution is 2.39. The molecule has 1 fully saturated rings. The van der Waals surface area contributed by atoms with Gasteiger partial charge in [0.25, 0.3) is 11.7 Å². The highest BCUT2D eigenvalue weighted by atomic mass is 35.5. The van der Waals surface area contributed by atoms with E-state index in [1.807, 2.05) is 0 Å². The van der Waals surface area contributed by atoms with E-state index in [0.29, 0.717) is 10.6 Å². The maximum absolute atomic E-state index is 14.2. The molecule has 6 heteroatoms. The predicted molar refractivity (Wildman–Crippen MR) is 87.9 cm³/mol. The first kappa shape index (κ1) is 16.2. The van der Waals surface area contributed by atoms with Gasteiger partial charge in [0.05, 0.1) is 11.6 Å². The molecule has 0 spiro atoms. The number of nitrogens with zero attached hydrogens (tertiary/aromatic N) is 1. The van der Waals surface area contributed by atoms with Gasteiger partial charge in [-0.1, -0.05) is 29.8 Å². The van der Waals surface area contributed by atoms with Crippen molar-refractivity contribution in [1.29, 1.82) is 0 Å². The zero-order valence-electron chi connectivity index (χ0n) is 12.7. The molecule has 24 heavy (non-hydrogen) atoms. The van der Waals surface area contributed by atoms with Gasteiger partial charge in [0.2, 0.25) is 0 Å². The van der Waals surface area contributed by atoms with Gasteiger partial charge in [0.15, 0.2) is 0 Å². The molecule has 0 aliphatic carbocycles. The lowest BCUT2D eigenvalue weighted by Crippen LogP contribution is -2.25. The minimum absolute atomic E-state index is 0.144. The summed E-state index contributed by atoms with van der Waals surface area (Å²) in [4.78, 5) is 25.6. The van der Waals surface area contributed by atoms with Crippen molar-refractivity contribution >= 4 is 29.1 Å². The summed E-state index contributed by atoms with van der Waals surface area (Å²) in [5.41, 5.74) is 0.330. The molecule has 122 valence electrons. The Morgan fingerprint density at radius 3 is 2.38 bits per heavy atom. The number of hydrogen-bond donors (Lipinski definition) is 1. The first-order valence-corrected chi connectivity index (χ1v) is 7.54. The molecule has 0 bridgehead atoms. The first-order valence-electron chi connectivity index (χ1n) is 7.16. The number of halogens is 2. The predicted octanol–water partition coefficient (Wildman–Crippen LogP) is 3.53. The number of aliphatic hydroxyl groups excluding tert-OH is 1. The molecular weight excluding hydrogens is 333 g/mol. The fourth-order valence-corrected chi connectivity index (χ4v) is 2.90. The van der Waals surface area contributed by atoms with Crippen LogP contribution in [0.5, 0.6) is 0 Å². The normalized spacial score (nSPS) is 19.8. The van der Waals surface area contributed by atoms with E-state index in [-0.39, 0.29) is 16.9 Å². The van der Waals surface area contributed by atoms with Gasteiger partial charge in [0, 0.05) is 23.2 Å². The Hall–Kier alpha value is -2.66. The first-order chi connectivity index (χ1) is 11.4. The molecule has 1 N–H and O–H groups in total. The maximum atomic E-state index is 14.2. The summed E-state index contributed by atoms with van der Waals surface area (Å²) in [5, 5.41) is 11.0. The number of benzene rings is 2. The largest absolute Gasteiger partial charge is 0.507 e. The van der Waals surface area contributed by atoms with E-state index in [0.717, 1.165) is 4.90 Å². The molecule has 1 amide bonds. The number of ketones is 1. The molecule has 1 unspecified atom stereocenters. The Balaban J connectivity index is 2.20. The van der Waals surface area contributed by atoms with Gasteiger partial charge in [-0.3, -0.25) is 9.59 Å². The van der Waals surface area contributed by atoms with Gasteiger partial charge in [0.1, 0.15) is 11.6 Å². The molecule has 1 atom stereocenters. The minimum Gasteiger partial charge on any atom is -0.507 e. The number of carbonyl (C=O) groups is 2. The Morgan fingerprint density at radius 2 is 1.75 bits per heavy atom. The van der Waals surface area contributed by atoms with E-state index in [4.69, 9.17) is 11.6 Å². The second kappa shape index (κ2) is 6.09. The van der Waals surface area contributed by atoms with Crippen LogP contribution in [0.15, 0.2) is 54.1 Å². The lowest BCUT2D eigenvalue weighted by atomic mass is 9.95. The second-order valence-electron chi connectivity index (χ2n) is 5.44. The topological polar surface area (TPSA) is 57.6 Å². The number of likely N-dealkylation sites (N-methyl/N-ethyl adjacent to an activating group) is 1. The lowest BCUT2D eigenvalue weighted by molar-refractivity contribution is -0.139. The van der Waals surface area contributed by atoms with Crippen molar-refractivity contribution < 1.29 is 19.1 Å². The molecule has 0 saturated carbocycles. The highest BCUT2D eigenvalue weighted by molar-refractivity contribution is 6.46. The van der Waals surface area contributed by atoms with Gasteiger partial charge in [-0.25, -0.2) is 4.39 Å². The average molecular weight is 346 g/mol. The zero-order chi connectivity index (χ0) is 17.4. The van der Waals surface area contributed by atoms with Crippen molar-refractivity contribution in [2.24, 2.45) is 0 Å². The van der Waals surface area contributed by atoms with Gasteiger partial charge in [-0.2, -0.15) is 0 Å². The van der Waals surface area contributed by atoms with Crippen LogP contribution in [0.25, 0.3) is 5.76 Å². The fourth-order valence-electron chi connectivity index (χ4n) is 2.77. The van der Waals surface area contributed by atoms with Crippen LogP contribution in [0.4, 0.5) is 4.39 Å². The van der Waals surface area contributed by atoms with Gasteiger partial charge in [-0.05, 0) is 30.3 Å². The number of carbonyl (C=O) groups excluding carboxylic acids is 2. The third-order valence-electron chi connectivity index (χ3n) is 3.99.